The summed E-state index contributed by atoms with van der Waals surface area (Å²) in [5.74, 6) is 0. The van der Waals surface area contributed by atoms with Gasteiger partial charge >= 0.3 is 0 Å². The number of ether oxygens (including phenoxy) is 1. The largest absolute Gasteiger partial charge is 0.378 e. The van der Waals surface area contributed by atoms with Crippen LogP contribution >= 0.6 is 27.3 Å². The Morgan fingerprint density at radius 2 is 2.09 bits per heavy atom. The molecule has 0 N–H and O–H groups in total. The second-order valence-corrected chi connectivity index (χ2v) is 8.18. The molecule has 0 spiro atoms. The van der Waals surface area contributed by atoms with Crippen molar-refractivity contribution in [2.45, 2.75) is 33.4 Å². The van der Waals surface area contributed by atoms with Gasteiger partial charge in [0.25, 0.3) is 0 Å². The summed E-state index contributed by atoms with van der Waals surface area (Å²) in [4.78, 5) is 6.94. The molecule has 22 heavy (non-hydrogen) atoms. The molecule has 0 bridgehead atoms. The molecule has 3 heterocycles. The Hall–Kier alpha value is -0.760. The first-order valence-corrected chi connectivity index (χ1v) is 9.02. The highest BCUT2D eigenvalue weighted by Crippen LogP contribution is 2.30. The maximum absolute atomic E-state index is 5.67. The minimum absolute atomic E-state index is 0.298. The zero-order chi connectivity index (χ0) is 15.9. The van der Waals surface area contributed by atoms with Gasteiger partial charge in [0.05, 0.1) is 41.0 Å². The van der Waals surface area contributed by atoms with Gasteiger partial charge in [-0.25, -0.2) is 4.98 Å². The number of rotatable bonds is 3. The maximum atomic E-state index is 5.67. The molecule has 3 rings (SSSR count). The van der Waals surface area contributed by atoms with E-state index < -0.39 is 0 Å². The van der Waals surface area contributed by atoms with Gasteiger partial charge in [-0.05, 0) is 43.7 Å². The molecule has 0 radical (unpaired) electrons. The highest BCUT2D eigenvalue weighted by molar-refractivity contribution is 9.11. The lowest BCUT2D eigenvalue weighted by molar-refractivity contribution is 0.00457. The van der Waals surface area contributed by atoms with E-state index in [1.54, 1.807) is 11.3 Å². The van der Waals surface area contributed by atoms with E-state index in [9.17, 15) is 0 Å². The first-order chi connectivity index (χ1) is 10.5. The van der Waals surface area contributed by atoms with E-state index in [2.05, 4.69) is 51.4 Å². The molecule has 0 saturated carbocycles. The van der Waals surface area contributed by atoms with Crippen LogP contribution in [0, 0.1) is 20.8 Å². The van der Waals surface area contributed by atoms with Crippen molar-refractivity contribution in [3.8, 4) is 0 Å². The van der Waals surface area contributed by atoms with Crippen molar-refractivity contribution in [1.82, 2.24) is 19.7 Å². The van der Waals surface area contributed by atoms with Crippen molar-refractivity contribution in [3.63, 3.8) is 0 Å². The quantitative estimate of drug-likeness (QED) is 0.815. The number of nitrogens with zero attached hydrogens (tertiary/aromatic N) is 4. The Balaban J connectivity index is 1.89. The van der Waals surface area contributed by atoms with Gasteiger partial charge in [0.1, 0.15) is 5.01 Å². The Kier molecular flexibility index (Phi) is 4.68. The zero-order valence-corrected chi connectivity index (χ0v) is 15.8. The van der Waals surface area contributed by atoms with Gasteiger partial charge in [-0.2, -0.15) is 5.10 Å². The molecule has 7 heteroatoms. The zero-order valence-electron chi connectivity index (χ0n) is 13.4. The van der Waals surface area contributed by atoms with Crippen LogP contribution in [0.2, 0.25) is 0 Å². The average molecular weight is 385 g/mol. The molecule has 0 amide bonds. The number of hydrogen-bond acceptors (Lipinski definition) is 5. The SMILES string of the molecule is Cc1nc(Cn2nc(C)c(C3COCCN3C)c2C)sc1Br. The fourth-order valence-electron chi connectivity index (χ4n) is 2.96. The molecular weight excluding hydrogens is 364 g/mol. The van der Waals surface area contributed by atoms with E-state index in [-0.39, 0.29) is 0 Å². The summed E-state index contributed by atoms with van der Waals surface area (Å²) in [7, 11) is 2.16. The summed E-state index contributed by atoms with van der Waals surface area (Å²) in [5, 5.41) is 5.82. The van der Waals surface area contributed by atoms with E-state index in [0.717, 1.165) is 46.5 Å². The van der Waals surface area contributed by atoms with Gasteiger partial charge in [-0.3, -0.25) is 9.58 Å². The van der Waals surface area contributed by atoms with Gasteiger partial charge in [0.15, 0.2) is 0 Å². The van der Waals surface area contributed by atoms with Crippen molar-refractivity contribution in [3.05, 3.63) is 31.4 Å². The Bertz CT molecular complexity index is 662. The molecule has 0 aliphatic carbocycles. The third kappa shape index (κ3) is 2.99. The van der Waals surface area contributed by atoms with Crippen LogP contribution in [0.25, 0.3) is 0 Å². The summed E-state index contributed by atoms with van der Waals surface area (Å²) >= 11 is 5.22. The number of morpholine rings is 1. The summed E-state index contributed by atoms with van der Waals surface area (Å²) in [6.45, 7) is 9.49. The molecule has 1 atom stereocenters. The normalized spacial score (nSPS) is 19.8. The number of hydrogen-bond donors (Lipinski definition) is 0. The van der Waals surface area contributed by atoms with Crippen molar-refractivity contribution < 1.29 is 4.74 Å². The monoisotopic (exact) mass is 384 g/mol. The van der Waals surface area contributed by atoms with Crippen LogP contribution in [0.3, 0.4) is 0 Å². The minimum Gasteiger partial charge on any atom is -0.378 e. The lowest BCUT2D eigenvalue weighted by Crippen LogP contribution is -2.37. The van der Waals surface area contributed by atoms with Crippen molar-refractivity contribution >= 4 is 27.3 Å². The third-order valence-electron chi connectivity index (χ3n) is 4.24. The predicted octanol–water partition coefficient (Wildman–Crippen LogP) is 3.08. The predicted molar refractivity (Wildman–Crippen MR) is 91.5 cm³/mol. The van der Waals surface area contributed by atoms with Gasteiger partial charge in [-0.15, -0.1) is 11.3 Å². The van der Waals surface area contributed by atoms with E-state index in [1.165, 1.54) is 11.3 Å². The van der Waals surface area contributed by atoms with Gasteiger partial charge in [0, 0.05) is 17.8 Å². The Morgan fingerprint density at radius 3 is 2.73 bits per heavy atom. The second kappa shape index (κ2) is 6.39. The van der Waals surface area contributed by atoms with Gasteiger partial charge in [-0.1, -0.05) is 0 Å². The Labute approximate surface area is 143 Å². The molecule has 1 aliphatic rings. The molecule has 1 aliphatic heterocycles. The molecule has 2 aromatic heterocycles. The van der Waals surface area contributed by atoms with Gasteiger partial charge < -0.3 is 4.74 Å². The third-order valence-corrected chi connectivity index (χ3v) is 6.23. The number of thiazole rings is 1. The lowest BCUT2D eigenvalue weighted by atomic mass is 10.0. The van der Waals surface area contributed by atoms with Crippen LogP contribution in [0.1, 0.15) is 33.7 Å². The molecular formula is C15H21BrN4OS. The number of halogens is 1. The lowest BCUT2D eigenvalue weighted by Gasteiger charge is -2.32. The highest BCUT2D eigenvalue weighted by Gasteiger charge is 2.27. The summed E-state index contributed by atoms with van der Waals surface area (Å²) < 4.78 is 8.84. The van der Waals surface area contributed by atoms with Crippen molar-refractivity contribution in [2.24, 2.45) is 0 Å². The topological polar surface area (TPSA) is 43.2 Å². The first kappa shape index (κ1) is 16.1. The summed E-state index contributed by atoms with van der Waals surface area (Å²) in [6, 6.07) is 0.298. The molecule has 1 saturated heterocycles. The fraction of sp³-hybridized carbons (Fsp3) is 0.600. The van der Waals surface area contributed by atoms with Crippen molar-refractivity contribution in [1.29, 1.82) is 0 Å². The second-order valence-electron chi connectivity index (χ2n) is 5.78. The van der Waals surface area contributed by atoms with Crippen LogP contribution in [-0.2, 0) is 11.3 Å². The van der Waals surface area contributed by atoms with E-state index in [4.69, 9.17) is 9.84 Å². The average Bonchev–Trinajstić information content (AvgIpc) is 2.92. The van der Waals surface area contributed by atoms with Gasteiger partial charge in [0.2, 0.25) is 0 Å². The van der Waals surface area contributed by atoms with Crippen LogP contribution in [0.15, 0.2) is 3.79 Å². The van der Waals surface area contributed by atoms with E-state index >= 15 is 0 Å². The standard InChI is InChI=1S/C15H21BrN4OS/c1-9-14(12-8-21-6-5-19(12)4)11(3)20(18-9)7-13-17-10(2)15(16)22-13/h12H,5-8H2,1-4H3. The number of likely N-dealkylation sites (N-methyl/N-ethyl adjacent to an activating group) is 1. The first-order valence-electron chi connectivity index (χ1n) is 7.41. The molecule has 120 valence electrons. The molecule has 1 fully saturated rings. The summed E-state index contributed by atoms with van der Waals surface area (Å²) in [6.07, 6.45) is 0. The molecule has 5 nitrogen and oxygen atoms in total. The molecule has 0 aromatic carbocycles. The summed E-state index contributed by atoms with van der Waals surface area (Å²) in [5.41, 5.74) is 4.65. The van der Waals surface area contributed by atoms with Crippen LogP contribution < -0.4 is 0 Å². The minimum atomic E-state index is 0.298. The van der Waals surface area contributed by atoms with Crippen molar-refractivity contribution in [2.75, 3.05) is 26.8 Å². The Morgan fingerprint density at radius 1 is 1.32 bits per heavy atom. The fourth-order valence-corrected chi connectivity index (χ4v) is 4.38. The van der Waals surface area contributed by atoms with E-state index in [1.807, 2.05) is 6.92 Å². The van der Waals surface area contributed by atoms with Crippen LogP contribution in [0.5, 0.6) is 0 Å². The number of aryl methyl sites for hydroxylation is 2. The smallest absolute Gasteiger partial charge is 0.116 e. The highest BCUT2D eigenvalue weighted by atomic mass is 79.9. The van der Waals surface area contributed by atoms with Crippen LogP contribution in [0.4, 0.5) is 0 Å². The molecule has 1 unspecified atom stereocenters. The number of aromatic nitrogens is 3. The maximum Gasteiger partial charge on any atom is 0.116 e. The van der Waals surface area contributed by atoms with E-state index in [0.29, 0.717) is 6.04 Å². The van der Waals surface area contributed by atoms with Crippen LogP contribution in [-0.4, -0.2) is 46.5 Å². The molecule has 2 aromatic rings.